The second-order valence-electron chi connectivity index (χ2n) is 13.9. The average molecular weight is 727 g/mol. The van der Waals surface area contributed by atoms with Crippen molar-refractivity contribution in [1.82, 2.24) is 0 Å². The van der Waals surface area contributed by atoms with Crippen molar-refractivity contribution in [1.29, 1.82) is 0 Å². The predicted molar refractivity (Wildman–Crippen MR) is 188 cm³/mol. The predicted octanol–water partition coefficient (Wildman–Crippen LogP) is 7.00. The smallest absolute Gasteiger partial charge is 1.00 e. The van der Waals surface area contributed by atoms with Gasteiger partial charge in [0.15, 0.2) is 0 Å². The molecule has 4 aromatic carbocycles. The first-order valence-corrected chi connectivity index (χ1v) is 23.7. The van der Waals surface area contributed by atoms with Gasteiger partial charge in [-0.2, -0.15) is 0 Å². The first kappa shape index (κ1) is 35.1. The molecule has 46 heavy (non-hydrogen) atoms. The summed E-state index contributed by atoms with van der Waals surface area (Å²) in [5.41, 5.74) is 18.3. The number of allylic oxidation sites excluding steroid dienone is 2. The van der Waals surface area contributed by atoms with E-state index in [0.717, 1.165) is 0 Å². The van der Waals surface area contributed by atoms with Crippen LogP contribution < -0.4 is 24.8 Å². The van der Waals surface area contributed by atoms with E-state index in [1.54, 1.807) is 33.4 Å². The molecule has 0 N–H and O–H groups in total. The maximum absolute atomic E-state index is 2.86. The Balaban J connectivity index is 0.00000208. The molecule has 238 valence electrons. The minimum Gasteiger partial charge on any atom is -1.00 e. The zero-order chi connectivity index (χ0) is 30.3. The quantitative estimate of drug-likeness (QED) is 0.165. The van der Waals surface area contributed by atoms with E-state index in [1.165, 1.54) is 86.6 Å². The maximum Gasteiger partial charge on any atom is -1.00 e. The SMILES string of the molecule is CCCCC1=Cc2c(-c3ccc(C)cc3)cccc2[CH]1[Zr+2]1([CH]2C(CCCC)=Cc3c(-c4ccc(C)cc4)cccc32)[CH2]C[CH2]1.[Cl-].[Cl-]. The van der Waals surface area contributed by atoms with Gasteiger partial charge >= 0.3 is 272 Å². The van der Waals surface area contributed by atoms with Gasteiger partial charge in [-0.15, -0.1) is 0 Å². The van der Waals surface area contributed by atoms with Gasteiger partial charge in [-0.25, -0.2) is 0 Å². The Morgan fingerprint density at radius 2 is 0.978 bits per heavy atom. The van der Waals surface area contributed by atoms with E-state index in [-0.39, 0.29) is 24.8 Å². The van der Waals surface area contributed by atoms with E-state index in [1.807, 2.05) is 0 Å². The van der Waals surface area contributed by atoms with Crippen LogP contribution in [0, 0.1) is 13.8 Å². The molecule has 0 amide bonds. The van der Waals surface area contributed by atoms with Gasteiger partial charge in [-0.1, -0.05) is 0 Å². The van der Waals surface area contributed by atoms with Gasteiger partial charge in [0.05, 0.1) is 0 Å². The molecule has 7 rings (SSSR count). The van der Waals surface area contributed by atoms with E-state index < -0.39 is 20.3 Å². The molecule has 3 heteroatoms. The number of hydrogen-bond donors (Lipinski definition) is 0. The summed E-state index contributed by atoms with van der Waals surface area (Å²) in [7, 11) is 0. The summed E-state index contributed by atoms with van der Waals surface area (Å²) in [5, 5.41) is 0. The van der Waals surface area contributed by atoms with Gasteiger partial charge in [0.2, 0.25) is 0 Å². The molecule has 1 heterocycles. The Morgan fingerprint density at radius 3 is 1.33 bits per heavy atom. The summed E-state index contributed by atoms with van der Waals surface area (Å²) in [6.45, 7) is 9.12. The Bertz CT molecular complexity index is 1600. The first-order chi connectivity index (χ1) is 21.5. The molecular formula is C43H48Cl2Zr. The fraction of sp³-hybridized carbons (Fsp3) is 0.349. The molecule has 2 aliphatic carbocycles. The summed E-state index contributed by atoms with van der Waals surface area (Å²) >= 11 is -2.86. The third kappa shape index (κ3) is 6.22. The van der Waals surface area contributed by atoms with Crippen molar-refractivity contribution in [3.8, 4) is 22.3 Å². The number of aryl methyl sites for hydroxylation is 2. The molecular weight excluding hydrogens is 679 g/mol. The van der Waals surface area contributed by atoms with Crippen molar-refractivity contribution in [3.63, 3.8) is 0 Å². The minimum absolute atomic E-state index is 0. The van der Waals surface area contributed by atoms with Crippen molar-refractivity contribution >= 4 is 12.2 Å². The molecule has 0 saturated carbocycles. The number of unbranched alkanes of at least 4 members (excludes halogenated alkanes) is 2. The van der Waals surface area contributed by atoms with Crippen molar-refractivity contribution in [3.05, 3.63) is 129 Å². The Morgan fingerprint density at radius 1 is 0.565 bits per heavy atom. The fourth-order valence-corrected chi connectivity index (χ4v) is 24.3. The summed E-state index contributed by atoms with van der Waals surface area (Å²) in [5.74, 6) is 0. The molecule has 2 atom stereocenters. The van der Waals surface area contributed by atoms with E-state index >= 15 is 0 Å². The number of benzene rings is 4. The number of rotatable bonds is 10. The molecule has 1 aliphatic heterocycles. The van der Waals surface area contributed by atoms with Crippen LogP contribution in [0.15, 0.2) is 96.1 Å². The Hall–Kier alpha value is -2.18. The molecule has 0 spiro atoms. The first-order valence-electron chi connectivity index (χ1n) is 17.3. The normalized spacial score (nSPS) is 18.1. The summed E-state index contributed by atoms with van der Waals surface area (Å²) in [6, 6.07) is 33.1. The van der Waals surface area contributed by atoms with Crippen LogP contribution in [0.1, 0.15) is 99.4 Å². The number of halogens is 2. The van der Waals surface area contributed by atoms with Crippen LogP contribution in [0.3, 0.4) is 0 Å². The zero-order valence-electron chi connectivity index (χ0n) is 28.0. The van der Waals surface area contributed by atoms with Crippen LogP contribution >= 0.6 is 0 Å². The van der Waals surface area contributed by atoms with Crippen LogP contribution in [0.25, 0.3) is 34.4 Å². The van der Waals surface area contributed by atoms with Gasteiger partial charge in [0, 0.05) is 0 Å². The van der Waals surface area contributed by atoms with Crippen molar-refractivity contribution in [2.24, 2.45) is 0 Å². The minimum atomic E-state index is -2.86. The third-order valence-corrected chi connectivity index (χ3v) is 26.4. The molecule has 2 unspecified atom stereocenters. The van der Waals surface area contributed by atoms with E-state index in [0.29, 0.717) is 7.25 Å². The van der Waals surface area contributed by atoms with E-state index in [2.05, 4.69) is 125 Å². The fourth-order valence-electron chi connectivity index (χ4n) is 8.78. The number of hydrogen-bond acceptors (Lipinski definition) is 0. The molecule has 3 aliphatic rings. The van der Waals surface area contributed by atoms with Gasteiger partial charge in [-0.05, 0) is 0 Å². The zero-order valence-corrected chi connectivity index (χ0v) is 32.0. The van der Waals surface area contributed by atoms with E-state index in [9.17, 15) is 0 Å². The van der Waals surface area contributed by atoms with Crippen molar-refractivity contribution < 1.29 is 45.1 Å². The standard InChI is InChI=1S/2C20H21.C3H6.2ClH.Zr/c2*1-3-4-6-16-13-18-7-5-8-19(20(18)14-16)17-11-9-15(2)10-12-17;1-3-2;;;/h2*5,7-14H,3-4,6H2,1-2H3;1-3H2;2*1H;/q;;;;;+2/p-2. The van der Waals surface area contributed by atoms with Crippen molar-refractivity contribution in [2.45, 2.75) is 88.1 Å². The monoisotopic (exact) mass is 724 g/mol. The van der Waals surface area contributed by atoms with Gasteiger partial charge in [-0.3, -0.25) is 0 Å². The van der Waals surface area contributed by atoms with Crippen LogP contribution in [0.2, 0.25) is 8.26 Å². The van der Waals surface area contributed by atoms with Gasteiger partial charge in [0.25, 0.3) is 0 Å². The molecule has 0 aromatic heterocycles. The molecule has 4 aromatic rings. The van der Waals surface area contributed by atoms with Crippen LogP contribution in [0.4, 0.5) is 0 Å². The van der Waals surface area contributed by atoms with Gasteiger partial charge in [0.1, 0.15) is 0 Å². The maximum atomic E-state index is 2.69. The van der Waals surface area contributed by atoms with Crippen molar-refractivity contribution in [2.75, 3.05) is 0 Å². The molecule has 0 nitrogen and oxygen atoms in total. The molecule has 0 bridgehead atoms. The second kappa shape index (κ2) is 14.9. The van der Waals surface area contributed by atoms with E-state index in [4.69, 9.17) is 0 Å². The van der Waals surface area contributed by atoms with Crippen LogP contribution in [-0.2, 0) is 20.3 Å². The van der Waals surface area contributed by atoms with Crippen LogP contribution in [0.5, 0.6) is 0 Å². The summed E-state index contributed by atoms with van der Waals surface area (Å²) in [4.78, 5) is 0. The number of fused-ring (bicyclic) bond motifs is 2. The topological polar surface area (TPSA) is 0 Å². The van der Waals surface area contributed by atoms with Crippen LogP contribution in [-0.4, -0.2) is 0 Å². The summed E-state index contributed by atoms with van der Waals surface area (Å²) in [6.07, 6.45) is 14.5. The average Bonchev–Trinajstić information content (AvgIpc) is 3.58. The second-order valence-corrected chi connectivity index (χ2v) is 25.3. The summed E-state index contributed by atoms with van der Waals surface area (Å²) < 4.78 is 4.46. The van der Waals surface area contributed by atoms with Gasteiger partial charge < -0.3 is 24.8 Å². The third-order valence-electron chi connectivity index (χ3n) is 11.1. The molecule has 1 fully saturated rings. The molecule has 0 radical (unpaired) electrons. The molecule has 1 saturated heterocycles. The Labute approximate surface area is 295 Å². The Kier molecular flexibility index (Phi) is 11.4. The largest absolute Gasteiger partial charge is 1.00 e.